The normalized spacial score (nSPS) is 13.9. The summed E-state index contributed by atoms with van der Waals surface area (Å²) in [7, 11) is 0. The summed E-state index contributed by atoms with van der Waals surface area (Å²) in [6, 6.07) is 13.8. The predicted molar refractivity (Wildman–Crippen MR) is 86.6 cm³/mol. The number of hydrogen-bond donors (Lipinski definition) is 1. The number of fused-ring (bicyclic) bond motifs is 2. The molecule has 1 N–H and O–H groups in total. The number of rotatable bonds is 3. The number of nitrogens with one attached hydrogen (secondary N) is 1. The van der Waals surface area contributed by atoms with E-state index in [1.807, 2.05) is 30.3 Å². The highest BCUT2D eigenvalue weighted by Crippen LogP contribution is 2.27. The molecule has 0 aliphatic carbocycles. The third-order valence-corrected chi connectivity index (χ3v) is 4.01. The Morgan fingerprint density at radius 1 is 1.09 bits per heavy atom. The molecule has 2 aromatic heterocycles. The molecule has 6 heteroatoms. The summed E-state index contributed by atoms with van der Waals surface area (Å²) < 4.78 is 3.12. The molecule has 112 valence electrons. The quantitative estimate of drug-likeness (QED) is 0.794. The van der Waals surface area contributed by atoms with Gasteiger partial charge >= 0.3 is 5.69 Å². The average Bonchev–Trinajstić information content (AvgIpc) is 2.89. The molecular formula is C16H17N5O. The molecule has 3 heterocycles. The Hall–Kier alpha value is -2.76. The van der Waals surface area contributed by atoms with Crippen molar-refractivity contribution in [3.05, 3.63) is 59.1 Å². The van der Waals surface area contributed by atoms with E-state index in [1.165, 1.54) is 5.69 Å². The van der Waals surface area contributed by atoms with Gasteiger partial charge in [0.25, 0.3) is 0 Å². The molecule has 1 aliphatic heterocycles. The van der Waals surface area contributed by atoms with Crippen molar-refractivity contribution in [3.63, 3.8) is 0 Å². The van der Waals surface area contributed by atoms with Crippen molar-refractivity contribution in [3.8, 4) is 0 Å². The molecule has 0 fully saturated rings. The Morgan fingerprint density at radius 3 is 2.86 bits per heavy atom. The van der Waals surface area contributed by atoms with Gasteiger partial charge in [-0.2, -0.15) is 0 Å². The van der Waals surface area contributed by atoms with Gasteiger partial charge in [0.1, 0.15) is 0 Å². The Kier molecular flexibility index (Phi) is 3.07. The summed E-state index contributed by atoms with van der Waals surface area (Å²) in [5, 5.41) is 7.77. The van der Waals surface area contributed by atoms with Crippen molar-refractivity contribution in [2.75, 3.05) is 29.9 Å². The summed E-state index contributed by atoms with van der Waals surface area (Å²) in [4.78, 5) is 14.6. The maximum atomic E-state index is 12.3. The molecule has 0 radical (unpaired) electrons. The number of anilines is 2. The van der Waals surface area contributed by atoms with Crippen LogP contribution >= 0.6 is 0 Å². The van der Waals surface area contributed by atoms with Gasteiger partial charge in [-0.3, -0.25) is 4.40 Å². The molecule has 3 aromatic rings. The zero-order valence-corrected chi connectivity index (χ0v) is 12.1. The standard InChI is InChI=1S/C16H17N5O/c22-16-20-9-4-3-7-15(20)18-21(16)12-11-19-10-8-17-13-5-1-2-6-14(13)19/h1-7,9,17H,8,10-12H2. The summed E-state index contributed by atoms with van der Waals surface area (Å²) in [6.07, 6.45) is 1.75. The SMILES string of the molecule is O=c1n(CCN2CCNc3ccccc32)nc2ccccn12. The fourth-order valence-electron chi connectivity index (χ4n) is 2.91. The Labute approximate surface area is 127 Å². The lowest BCUT2D eigenvalue weighted by molar-refractivity contribution is 0.577. The average molecular weight is 295 g/mol. The Bertz CT molecular complexity index is 866. The molecule has 0 atom stereocenters. The minimum absolute atomic E-state index is 0.0842. The highest BCUT2D eigenvalue weighted by atomic mass is 16.2. The highest BCUT2D eigenvalue weighted by molar-refractivity contribution is 5.71. The second-order valence-electron chi connectivity index (χ2n) is 5.37. The maximum Gasteiger partial charge on any atom is 0.350 e. The number of nitrogens with zero attached hydrogens (tertiary/aromatic N) is 4. The van der Waals surface area contributed by atoms with Gasteiger partial charge in [0.15, 0.2) is 5.65 Å². The third kappa shape index (κ3) is 2.13. The van der Waals surface area contributed by atoms with Crippen molar-refractivity contribution >= 4 is 17.0 Å². The first-order valence-corrected chi connectivity index (χ1v) is 7.45. The fraction of sp³-hybridized carbons (Fsp3) is 0.250. The minimum atomic E-state index is -0.0842. The number of aromatic nitrogens is 3. The number of hydrogen-bond acceptors (Lipinski definition) is 4. The zero-order chi connectivity index (χ0) is 14.9. The monoisotopic (exact) mass is 295 g/mol. The first kappa shape index (κ1) is 12.9. The van der Waals surface area contributed by atoms with Gasteiger partial charge in [-0.25, -0.2) is 9.48 Å². The third-order valence-electron chi connectivity index (χ3n) is 4.01. The van der Waals surface area contributed by atoms with E-state index in [1.54, 1.807) is 15.3 Å². The van der Waals surface area contributed by atoms with E-state index in [4.69, 9.17) is 0 Å². The van der Waals surface area contributed by atoms with Crippen LogP contribution in [0.4, 0.5) is 11.4 Å². The van der Waals surface area contributed by atoms with Gasteiger partial charge in [0, 0.05) is 25.8 Å². The second-order valence-corrected chi connectivity index (χ2v) is 5.37. The van der Waals surface area contributed by atoms with Crippen molar-refractivity contribution < 1.29 is 0 Å². The van der Waals surface area contributed by atoms with E-state index in [0.29, 0.717) is 12.2 Å². The number of para-hydroxylation sites is 2. The van der Waals surface area contributed by atoms with Crippen LogP contribution in [0.3, 0.4) is 0 Å². The summed E-state index contributed by atoms with van der Waals surface area (Å²) in [6.45, 7) is 3.19. The van der Waals surface area contributed by atoms with Crippen LogP contribution in [0.15, 0.2) is 53.5 Å². The van der Waals surface area contributed by atoms with Crippen LogP contribution in [0.5, 0.6) is 0 Å². The zero-order valence-electron chi connectivity index (χ0n) is 12.1. The lowest BCUT2D eigenvalue weighted by Crippen LogP contribution is -2.37. The Morgan fingerprint density at radius 2 is 1.95 bits per heavy atom. The molecule has 0 unspecified atom stereocenters. The van der Waals surface area contributed by atoms with E-state index >= 15 is 0 Å². The smallest absolute Gasteiger partial charge is 0.350 e. The van der Waals surface area contributed by atoms with Crippen LogP contribution in [0, 0.1) is 0 Å². The van der Waals surface area contributed by atoms with Gasteiger partial charge in [0.05, 0.1) is 17.9 Å². The highest BCUT2D eigenvalue weighted by Gasteiger charge is 2.16. The topological polar surface area (TPSA) is 54.6 Å². The van der Waals surface area contributed by atoms with Crippen LogP contribution in [-0.4, -0.2) is 33.8 Å². The molecule has 1 aromatic carbocycles. The van der Waals surface area contributed by atoms with Crippen molar-refractivity contribution in [1.82, 2.24) is 14.2 Å². The summed E-state index contributed by atoms with van der Waals surface area (Å²) in [5.41, 5.74) is 2.94. The molecule has 1 aliphatic rings. The van der Waals surface area contributed by atoms with Gasteiger partial charge in [0.2, 0.25) is 0 Å². The number of benzene rings is 1. The minimum Gasteiger partial charge on any atom is -0.382 e. The molecule has 0 saturated carbocycles. The van der Waals surface area contributed by atoms with Crippen molar-refractivity contribution in [2.24, 2.45) is 0 Å². The predicted octanol–water partition coefficient (Wildman–Crippen LogP) is 1.43. The Balaban J connectivity index is 1.58. The van der Waals surface area contributed by atoms with E-state index in [9.17, 15) is 4.79 Å². The summed E-state index contributed by atoms with van der Waals surface area (Å²) >= 11 is 0. The van der Waals surface area contributed by atoms with E-state index in [2.05, 4.69) is 27.4 Å². The molecule has 4 rings (SSSR count). The lowest BCUT2D eigenvalue weighted by Gasteiger charge is -2.31. The lowest BCUT2D eigenvalue weighted by atomic mass is 10.2. The van der Waals surface area contributed by atoms with Crippen LogP contribution < -0.4 is 15.9 Å². The van der Waals surface area contributed by atoms with Crippen molar-refractivity contribution in [1.29, 1.82) is 0 Å². The largest absolute Gasteiger partial charge is 0.382 e. The molecule has 0 amide bonds. The van der Waals surface area contributed by atoms with E-state index in [0.717, 1.165) is 25.3 Å². The second kappa shape index (κ2) is 5.22. The van der Waals surface area contributed by atoms with Crippen LogP contribution in [0.25, 0.3) is 5.65 Å². The van der Waals surface area contributed by atoms with E-state index < -0.39 is 0 Å². The molecular weight excluding hydrogens is 278 g/mol. The van der Waals surface area contributed by atoms with Gasteiger partial charge in [-0.1, -0.05) is 18.2 Å². The fourth-order valence-corrected chi connectivity index (χ4v) is 2.91. The summed E-state index contributed by atoms with van der Waals surface area (Å²) in [5.74, 6) is 0. The molecule has 6 nitrogen and oxygen atoms in total. The van der Waals surface area contributed by atoms with Crippen LogP contribution in [0.2, 0.25) is 0 Å². The molecule has 0 saturated heterocycles. The van der Waals surface area contributed by atoms with Gasteiger partial charge in [-0.05, 0) is 24.3 Å². The first-order chi connectivity index (χ1) is 10.8. The van der Waals surface area contributed by atoms with Gasteiger partial charge in [-0.15, -0.1) is 5.10 Å². The van der Waals surface area contributed by atoms with Crippen molar-refractivity contribution in [2.45, 2.75) is 6.54 Å². The van der Waals surface area contributed by atoms with Crippen LogP contribution in [0.1, 0.15) is 0 Å². The van der Waals surface area contributed by atoms with Crippen LogP contribution in [-0.2, 0) is 6.54 Å². The van der Waals surface area contributed by atoms with Gasteiger partial charge < -0.3 is 10.2 Å². The first-order valence-electron chi connectivity index (χ1n) is 7.45. The maximum absolute atomic E-state index is 12.3. The van der Waals surface area contributed by atoms with E-state index in [-0.39, 0.29) is 5.69 Å². The molecule has 0 bridgehead atoms. The number of pyridine rings is 1. The molecule has 22 heavy (non-hydrogen) atoms. The molecule has 0 spiro atoms.